The highest BCUT2D eigenvalue weighted by Gasteiger charge is 2.16. The number of aromatic nitrogens is 3. The normalized spacial score (nSPS) is 10.6. The van der Waals surface area contributed by atoms with Crippen LogP contribution in [-0.2, 0) is 12.8 Å². The SMILES string of the molecule is CCc1[nH]c(=O)c(C(=O)Nc2nnc(Cc3ccc(OC)c(OC)c3)s2)cc1C. The van der Waals surface area contributed by atoms with Gasteiger partial charge in [0.2, 0.25) is 5.13 Å². The molecule has 0 saturated heterocycles. The number of amides is 1. The van der Waals surface area contributed by atoms with Gasteiger partial charge in [-0.05, 0) is 42.7 Å². The van der Waals surface area contributed by atoms with Crippen molar-refractivity contribution < 1.29 is 14.3 Å². The van der Waals surface area contributed by atoms with E-state index in [4.69, 9.17) is 9.47 Å². The molecule has 1 aromatic carbocycles. The monoisotopic (exact) mass is 414 g/mol. The summed E-state index contributed by atoms with van der Waals surface area (Å²) >= 11 is 1.25. The minimum Gasteiger partial charge on any atom is -0.493 e. The number of nitrogens with zero attached hydrogens (tertiary/aromatic N) is 2. The lowest BCUT2D eigenvalue weighted by Gasteiger charge is -2.08. The molecular weight excluding hydrogens is 392 g/mol. The Labute approximate surface area is 171 Å². The Bertz CT molecular complexity index is 1090. The minimum absolute atomic E-state index is 0.0522. The highest BCUT2D eigenvalue weighted by Crippen LogP contribution is 2.29. The molecule has 0 aliphatic heterocycles. The molecule has 2 N–H and O–H groups in total. The molecule has 3 rings (SSSR count). The van der Waals surface area contributed by atoms with E-state index in [9.17, 15) is 9.59 Å². The van der Waals surface area contributed by atoms with Crippen LogP contribution in [0.15, 0.2) is 29.1 Å². The van der Waals surface area contributed by atoms with Crippen LogP contribution in [0.5, 0.6) is 11.5 Å². The Hall–Kier alpha value is -3.20. The van der Waals surface area contributed by atoms with Gasteiger partial charge in [0.25, 0.3) is 11.5 Å². The van der Waals surface area contributed by atoms with Crippen LogP contribution in [0, 0.1) is 6.92 Å². The quantitative estimate of drug-likeness (QED) is 0.616. The van der Waals surface area contributed by atoms with E-state index < -0.39 is 11.5 Å². The van der Waals surface area contributed by atoms with Crippen molar-refractivity contribution in [3.8, 4) is 11.5 Å². The van der Waals surface area contributed by atoms with Crippen molar-refractivity contribution in [3.63, 3.8) is 0 Å². The Morgan fingerprint density at radius 1 is 1.17 bits per heavy atom. The smallest absolute Gasteiger partial charge is 0.263 e. The van der Waals surface area contributed by atoms with Crippen LogP contribution < -0.4 is 20.3 Å². The Balaban J connectivity index is 1.73. The lowest BCUT2D eigenvalue weighted by molar-refractivity contribution is 0.102. The maximum atomic E-state index is 12.5. The van der Waals surface area contributed by atoms with Crippen molar-refractivity contribution in [2.45, 2.75) is 26.7 Å². The van der Waals surface area contributed by atoms with Gasteiger partial charge in [0.1, 0.15) is 10.6 Å². The molecule has 0 aliphatic rings. The molecule has 1 amide bonds. The fourth-order valence-corrected chi connectivity index (χ4v) is 3.68. The second kappa shape index (κ2) is 8.87. The average molecular weight is 414 g/mol. The number of aryl methyl sites for hydroxylation is 2. The summed E-state index contributed by atoms with van der Waals surface area (Å²) in [7, 11) is 3.16. The van der Waals surface area contributed by atoms with Gasteiger partial charge in [-0.25, -0.2) is 0 Å². The first-order valence-electron chi connectivity index (χ1n) is 9.02. The standard InChI is InChI=1S/C20H22N4O4S/c1-5-14-11(2)8-13(18(25)21-14)19(26)22-20-24-23-17(29-20)10-12-6-7-15(27-3)16(9-12)28-4/h6-9H,5,10H2,1-4H3,(H,21,25)(H,22,24,26). The number of carbonyl (C=O) groups is 1. The minimum atomic E-state index is -0.509. The third kappa shape index (κ3) is 4.62. The molecule has 0 bridgehead atoms. The molecule has 9 heteroatoms. The molecule has 0 spiro atoms. The van der Waals surface area contributed by atoms with Gasteiger partial charge in [0.05, 0.1) is 14.2 Å². The van der Waals surface area contributed by atoms with Gasteiger partial charge < -0.3 is 14.5 Å². The number of ether oxygens (including phenoxy) is 2. The Kier molecular flexibility index (Phi) is 6.28. The maximum absolute atomic E-state index is 12.5. The summed E-state index contributed by atoms with van der Waals surface area (Å²) in [6.07, 6.45) is 1.22. The van der Waals surface area contributed by atoms with Crippen LogP contribution in [0.3, 0.4) is 0 Å². The summed E-state index contributed by atoms with van der Waals surface area (Å²) in [4.78, 5) is 27.4. The number of hydrogen-bond acceptors (Lipinski definition) is 7. The number of H-pyrrole nitrogens is 1. The number of carbonyl (C=O) groups excluding carboxylic acids is 1. The van der Waals surface area contributed by atoms with Crippen LogP contribution in [0.4, 0.5) is 5.13 Å². The Morgan fingerprint density at radius 2 is 1.93 bits per heavy atom. The molecule has 0 atom stereocenters. The van der Waals surface area contributed by atoms with E-state index >= 15 is 0 Å². The van der Waals surface area contributed by atoms with Crippen molar-refractivity contribution in [1.82, 2.24) is 15.2 Å². The van der Waals surface area contributed by atoms with Gasteiger partial charge in [0.15, 0.2) is 11.5 Å². The number of benzene rings is 1. The van der Waals surface area contributed by atoms with E-state index in [0.29, 0.717) is 29.5 Å². The molecule has 0 fully saturated rings. The van der Waals surface area contributed by atoms with E-state index in [1.54, 1.807) is 20.3 Å². The van der Waals surface area contributed by atoms with E-state index in [2.05, 4.69) is 20.5 Å². The highest BCUT2D eigenvalue weighted by molar-refractivity contribution is 7.15. The molecule has 0 unspecified atom stereocenters. The second-order valence-electron chi connectivity index (χ2n) is 6.35. The third-order valence-corrected chi connectivity index (χ3v) is 5.27. The van der Waals surface area contributed by atoms with Gasteiger partial charge in [0, 0.05) is 12.1 Å². The largest absolute Gasteiger partial charge is 0.493 e. The topological polar surface area (TPSA) is 106 Å². The number of methoxy groups -OCH3 is 2. The molecule has 0 radical (unpaired) electrons. The lowest BCUT2D eigenvalue weighted by atomic mass is 10.1. The zero-order valence-electron chi connectivity index (χ0n) is 16.7. The van der Waals surface area contributed by atoms with Crippen molar-refractivity contribution in [1.29, 1.82) is 0 Å². The van der Waals surface area contributed by atoms with E-state index in [0.717, 1.165) is 21.8 Å². The third-order valence-electron chi connectivity index (χ3n) is 4.43. The molecule has 0 aliphatic carbocycles. The summed E-state index contributed by atoms with van der Waals surface area (Å²) in [5, 5.41) is 11.8. The van der Waals surface area contributed by atoms with Crippen molar-refractivity contribution in [3.05, 3.63) is 62.0 Å². The molecule has 2 heterocycles. The van der Waals surface area contributed by atoms with Crippen LogP contribution >= 0.6 is 11.3 Å². The number of anilines is 1. The number of nitrogens with one attached hydrogen (secondary N) is 2. The lowest BCUT2D eigenvalue weighted by Crippen LogP contribution is -2.24. The van der Waals surface area contributed by atoms with E-state index in [1.807, 2.05) is 32.0 Å². The zero-order valence-corrected chi connectivity index (χ0v) is 17.5. The molecule has 2 aromatic heterocycles. The highest BCUT2D eigenvalue weighted by atomic mass is 32.1. The molecule has 29 heavy (non-hydrogen) atoms. The van der Waals surface area contributed by atoms with Gasteiger partial charge in [-0.2, -0.15) is 0 Å². The number of hydrogen-bond donors (Lipinski definition) is 2. The Morgan fingerprint density at radius 3 is 2.62 bits per heavy atom. The molecule has 8 nitrogen and oxygen atoms in total. The summed E-state index contributed by atoms with van der Waals surface area (Å²) in [5.41, 5.74) is 2.29. The van der Waals surface area contributed by atoms with Crippen molar-refractivity contribution >= 4 is 22.4 Å². The van der Waals surface area contributed by atoms with Crippen molar-refractivity contribution in [2.24, 2.45) is 0 Å². The van der Waals surface area contributed by atoms with Gasteiger partial charge in [-0.15, -0.1) is 10.2 Å². The van der Waals surface area contributed by atoms with E-state index in [1.165, 1.54) is 11.3 Å². The van der Waals surface area contributed by atoms with Crippen LogP contribution in [0.1, 0.15) is 39.1 Å². The number of rotatable bonds is 7. The fraction of sp³-hybridized carbons (Fsp3) is 0.300. The first-order chi connectivity index (χ1) is 13.9. The predicted octanol–water partition coefficient (Wildman–Crippen LogP) is 2.96. The molecule has 0 saturated carbocycles. The van der Waals surface area contributed by atoms with Gasteiger partial charge in [-0.1, -0.05) is 24.3 Å². The van der Waals surface area contributed by atoms with Crippen LogP contribution in [0.2, 0.25) is 0 Å². The predicted molar refractivity (Wildman–Crippen MR) is 111 cm³/mol. The molecular formula is C20H22N4O4S. The molecule has 152 valence electrons. The van der Waals surface area contributed by atoms with Gasteiger partial charge >= 0.3 is 0 Å². The number of pyridine rings is 1. The summed E-state index contributed by atoms with van der Waals surface area (Å²) in [6.45, 7) is 3.80. The number of aromatic amines is 1. The van der Waals surface area contributed by atoms with E-state index in [-0.39, 0.29) is 5.56 Å². The van der Waals surface area contributed by atoms with Crippen molar-refractivity contribution in [2.75, 3.05) is 19.5 Å². The van der Waals surface area contributed by atoms with Crippen LogP contribution in [0.25, 0.3) is 0 Å². The van der Waals surface area contributed by atoms with Gasteiger partial charge in [-0.3, -0.25) is 14.9 Å². The average Bonchev–Trinajstić information content (AvgIpc) is 3.15. The van der Waals surface area contributed by atoms with Crippen LogP contribution in [-0.4, -0.2) is 35.3 Å². The second-order valence-corrected chi connectivity index (χ2v) is 7.41. The fourth-order valence-electron chi connectivity index (χ4n) is 2.91. The summed E-state index contributed by atoms with van der Waals surface area (Å²) in [6, 6.07) is 7.21. The first kappa shape index (κ1) is 20.5. The summed E-state index contributed by atoms with van der Waals surface area (Å²) in [5.74, 6) is 0.773. The molecule has 3 aromatic rings. The maximum Gasteiger partial charge on any atom is 0.263 e. The summed E-state index contributed by atoms with van der Waals surface area (Å²) < 4.78 is 10.5. The first-order valence-corrected chi connectivity index (χ1v) is 9.84. The zero-order chi connectivity index (χ0) is 21.0.